The first kappa shape index (κ1) is 33.4. The van der Waals surface area contributed by atoms with Crippen molar-refractivity contribution in [2.24, 2.45) is 5.73 Å². The Morgan fingerprint density at radius 2 is 1.36 bits per heavy atom. The number of halogens is 7. The molecule has 13 heteroatoms. The number of hydrogen-bond acceptors (Lipinski definition) is 5. The van der Waals surface area contributed by atoms with E-state index in [2.05, 4.69) is 15.9 Å². The minimum absolute atomic E-state index is 0.0137. The summed E-state index contributed by atoms with van der Waals surface area (Å²) < 4.78 is 84.3. The average Bonchev–Trinajstić information content (AvgIpc) is 2.87. The molecule has 0 aromatic heterocycles. The van der Waals surface area contributed by atoms with Crippen LogP contribution in [0.3, 0.4) is 0 Å². The van der Waals surface area contributed by atoms with Crippen LogP contribution in [0, 0.1) is 0 Å². The Morgan fingerprint density at radius 1 is 0.872 bits per heavy atom. The predicted molar refractivity (Wildman–Crippen MR) is 135 cm³/mol. The number of carboxylic acid groups (broad SMARTS) is 1. The molecule has 0 fully saturated rings. The first-order valence-electron chi connectivity index (χ1n) is 10.7. The SMILES string of the molecule is COc1ccc(C(C)N)cc1OC.O=C(O)c1ccc(Br)cc1.O=Cc1cc(C(F)(F)F)cc(C(F)(F)F)c1. The lowest BCUT2D eigenvalue weighted by atomic mass is 10.1. The molecule has 0 aliphatic rings. The Hall–Kier alpha value is -3.58. The minimum atomic E-state index is -4.92. The van der Waals surface area contributed by atoms with Crippen molar-refractivity contribution < 1.29 is 50.5 Å². The number of aromatic carboxylic acids is 1. The molecular formula is C26H24BrF6NO5. The summed E-state index contributed by atoms with van der Waals surface area (Å²) in [5, 5.41) is 8.46. The Labute approximate surface area is 228 Å². The zero-order valence-electron chi connectivity index (χ0n) is 20.7. The van der Waals surface area contributed by atoms with Gasteiger partial charge in [0.2, 0.25) is 0 Å². The van der Waals surface area contributed by atoms with Crippen LogP contribution in [0.2, 0.25) is 0 Å². The Balaban J connectivity index is 0.000000300. The first-order valence-corrected chi connectivity index (χ1v) is 11.5. The van der Waals surface area contributed by atoms with Crippen LogP contribution in [-0.2, 0) is 12.4 Å². The molecule has 1 atom stereocenters. The highest BCUT2D eigenvalue weighted by atomic mass is 79.9. The van der Waals surface area contributed by atoms with Gasteiger partial charge in [0.25, 0.3) is 0 Å². The predicted octanol–water partition coefficient (Wildman–Crippen LogP) is 7.41. The number of carboxylic acids is 1. The molecule has 212 valence electrons. The summed E-state index contributed by atoms with van der Waals surface area (Å²) >= 11 is 3.20. The summed E-state index contributed by atoms with van der Waals surface area (Å²) in [6, 6.07) is 12.9. The Kier molecular flexibility index (Phi) is 12.5. The van der Waals surface area contributed by atoms with Crippen molar-refractivity contribution in [1.82, 2.24) is 0 Å². The van der Waals surface area contributed by atoms with Crippen LogP contribution < -0.4 is 15.2 Å². The van der Waals surface area contributed by atoms with Crippen molar-refractivity contribution >= 4 is 28.2 Å². The van der Waals surface area contributed by atoms with E-state index >= 15 is 0 Å². The molecule has 0 heterocycles. The molecule has 3 aromatic rings. The highest BCUT2D eigenvalue weighted by Crippen LogP contribution is 2.36. The van der Waals surface area contributed by atoms with Gasteiger partial charge >= 0.3 is 18.3 Å². The summed E-state index contributed by atoms with van der Waals surface area (Å²) in [6.45, 7) is 1.93. The number of nitrogens with two attached hydrogens (primary N) is 1. The Morgan fingerprint density at radius 3 is 1.72 bits per heavy atom. The van der Waals surface area contributed by atoms with Crippen molar-refractivity contribution in [2.75, 3.05) is 14.2 Å². The zero-order valence-corrected chi connectivity index (χ0v) is 22.3. The van der Waals surface area contributed by atoms with Crippen LogP contribution in [0.1, 0.15) is 50.4 Å². The summed E-state index contributed by atoms with van der Waals surface area (Å²) in [5.74, 6) is 0.552. The largest absolute Gasteiger partial charge is 0.493 e. The lowest BCUT2D eigenvalue weighted by molar-refractivity contribution is -0.143. The Bertz CT molecular complexity index is 1210. The number of hydrogen-bond donors (Lipinski definition) is 2. The second-order valence-electron chi connectivity index (χ2n) is 7.67. The van der Waals surface area contributed by atoms with Crippen molar-refractivity contribution in [3.8, 4) is 11.5 Å². The molecule has 0 spiro atoms. The van der Waals surface area contributed by atoms with E-state index in [4.69, 9.17) is 20.3 Å². The minimum Gasteiger partial charge on any atom is -0.493 e. The van der Waals surface area contributed by atoms with E-state index in [1.165, 1.54) is 0 Å². The smallest absolute Gasteiger partial charge is 0.416 e. The number of rotatable bonds is 5. The van der Waals surface area contributed by atoms with Crippen molar-refractivity contribution in [1.29, 1.82) is 0 Å². The van der Waals surface area contributed by atoms with Crippen LogP contribution in [0.25, 0.3) is 0 Å². The average molecular weight is 624 g/mol. The molecule has 3 N–H and O–H groups in total. The highest BCUT2D eigenvalue weighted by Gasteiger charge is 2.36. The number of carbonyl (C=O) groups excluding carboxylic acids is 1. The topological polar surface area (TPSA) is 98.8 Å². The van der Waals surface area contributed by atoms with Crippen LogP contribution in [0.5, 0.6) is 11.5 Å². The van der Waals surface area contributed by atoms with Gasteiger partial charge in [0.05, 0.1) is 30.9 Å². The van der Waals surface area contributed by atoms with Crippen LogP contribution >= 0.6 is 15.9 Å². The van der Waals surface area contributed by atoms with Crippen molar-refractivity contribution in [3.05, 3.63) is 93.0 Å². The second-order valence-corrected chi connectivity index (χ2v) is 8.59. The monoisotopic (exact) mass is 623 g/mol. The quantitative estimate of drug-likeness (QED) is 0.227. The third-order valence-electron chi connectivity index (χ3n) is 4.77. The fourth-order valence-electron chi connectivity index (χ4n) is 2.78. The lowest BCUT2D eigenvalue weighted by Crippen LogP contribution is -2.11. The number of alkyl halides is 6. The van der Waals surface area contributed by atoms with E-state index in [1.54, 1.807) is 38.5 Å². The molecule has 0 bridgehead atoms. The third-order valence-corrected chi connectivity index (χ3v) is 5.30. The number of benzene rings is 3. The summed E-state index contributed by atoms with van der Waals surface area (Å²) in [7, 11) is 3.23. The molecule has 3 aromatic carbocycles. The molecule has 3 rings (SSSR count). The van der Waals surface area contributed by atoms with Crippen LogP contribution in [0.15, 0.2) is 65.1 Å². The fraction of sp³-hybridized carbons (Fsp3) is 0.231. The maximum atomic E-state index is 12.2. The van der Waals surface area contributed by atoms with Gasteiger partial charge in [-0.3, -0.25) is 4.79 Å². The van der Waals surface area contributed by atoms with Gasteiger partial charge in [0, 0.05) is 16.1 Å². The van der Waals surface area contributed by atoms with E-state index in [0.29, 0.717) is 17.7 Å². The second kappa shape index (κ2) is 14.5. The standard InChI is InChI=1S/C10H15NO2.C9H4F6O.C7H5BrO2/c1-7(11)8-4-5-9(12-2)10(6-8)13-3;10-8(11,12)6-1-5(4-16)2-7(3-6)9(13,14)15;8-6-3-1-5(2-4-6)7(9)10/h4-7H,11H2,1-3H3;1-4H;1-4H,(H,9,10). The summed E-state index contributed by atoms with van der Waals surface area (Å²) in [5.41, 5.74) is 3.42. The van der Waals surface area contributed by atoms with Gasteiger partial charge in [-0.15, -0.1) is 0 Å². The molecule has 0 aliphatic heterocycles. The van der Waals surface area contributed by atoms with Gasteiger partial charge in [0.1, 0.15) is 6.29 Å². The molecule has 6 nitrogen and oxygen atoms in total. The summed E-state index contributed by atoms with van der Waals surface area (Å²) in [4.78, 5) is 20.5. The van der Waals surface area contributed by atoms with Crippen LogP contribution in [0.4, 0.5) is 26.3 Å². The molecule has 0 saturated carbocycles. The van der Waals surface area contributed by atoms with Crippen LogP contribution in [-0.4, -0.2) is 31.6 Å². The van der Waals surface area contributed by atoms with E-state index in [0.717, 1.165) is 21.5 Å². The molecule has 1 unspecified atom stereocenters. The van der Waals surface area contributed by atoms with E-state index in [-0.39, 0.29) is 18.4 Å². The maximum absolute atomic E-state index is 12.2. The fourth-order valence-corrected chi connectivity index (χ4v) is 3.04. The van der Waals surface area contributed by atoms with E-state index in [1.807, 2.05) is 25.1 Å². The normalized spacial score (nSPS) is 11.7. The molecular weight excluding hydrogens is 600 g/mol. The number of methoxy groups -OCH3 is 2. The molecule has 39 heavy (non-hydrogen) atoms. The van der Waals surface area contributed by atoms with Crippen molar-refractivity contribution in [2.45, 2.75) is 25.3 Å². The van der Waals surface area contributed by atoms with Gasteiger partial charge in [-0.1, -0.05) is 22.0 Å². The number of aldehydes is 1. The lowest BCUT2D eigenvalue weighted by Gasteiger charge is -2.12. The van der Waals surface area contributed by atoms with Gasteiger partial charge in [0.15, 0.2) is 11.5 Å². The highest BCUT2D eigenvalue weighted by molar-refractivity contribution is 9.10. The maximum Gasteiger partial charge on any atom is 0.416 e. The van der Waals surface area contributed by atoms with Gasteiger partial charge < -0.3 is 20.3 Å². The van der Waals surface area contributed by atoms with Crippen molar-refractivity contribution in [3.63, 3.8) is 0 Å². The molecule has 0 amide bonds. The van der Waals surface area contributed by atoms with Gasteiger partial charge in [-0.25, -0.2) is 4.79 Å². The molecule has 0 saturated heterocycles. The van der Waals surface area contributed by atoms with Gasteiger partial charge in [-0.2, -0.15) is 26.3 Å². The first-order chi connectivity index (χ1) is 18.0. The van der Waals surface area contributed by atoms with E-state index < -0.39 is 35.0 Å². The number of carbonyl (C=O) groups is 2. The third kappa shape index (κ3) is 11.0. The molecule has 0 radical (unpaired) electrons. The van der Waals surface area contributed by atoms with E-state index in [9.17, 15) is 35.9 Å². The zero-order chi connectivity index (χ0) is 30.0. The summed E-state index contributed by atoms with van der Waals surface area (Å²) in [6.07, 6.45) is -9.90. The molecule has 0 aliphatic carbocycles. The number of ether oxygens (including phenoxy) is 2. The van der Waals surface area contributed by atoms with Gasteiger partial charge in [-0.05, 0) is 67.1 Å².